The van der Waals surface area contributed by atoms with E-state index >= 15 is 0 Å². The van der Waals surface area contributed by atoms with E-state index in [0.29, 0.717) is 12.4 Å². The zero-order valence-electron chi connectivity index (χ0n) is 10.5. The standard InChI is InChI=1S/C12H17N3O2S/c1-3-6-17-10-5-4-9(7-11(10)16-2)8-14-15-12(13)18/h4-5,7-8H,3,6H2,1-2H3,(H3,13,15,18). The largest absolute Gasteiger partial charge is 0.493 e. The summed E-state index contributed by atoms with van der Waals surface area (Å²) < 4.78 is 10.8. The van der Waals surface area contributed by atoms with Crippen LogP contribution in [0.5, 0.6) is 11.5 Å². The highest BCUT2D eigenvalue weighted by Gasteiger charge is 2.04. The van der Waals surface area contributed by atoms with E-state index < -0.39 is 0 Å². The number of nitrogens with one attached hydrogen (secondary N) is 1. The van der Waals surface area contributed by atoms with E-state index in [1.54, 1.807) is 13.3 Å². The third kappa shape index (κ3) is 4.58. The second kappa shape index (κ2) is 7.50. The van der Waals surface area contributed by atoms with Crippen molar-refractivity contribution in [2.45, 2.75) is 13.3 Å². The average Bonchev–Trinajstić information content (AvgIpc) is 2.36. The van der Waals surface area contributed by atoms with Gasteiger partial charge in [-0.1, -0.05) is 6.92 Å². The van der Waals surface area contributed by atoms with Crippen LogP contribution in [-0.4, -0.2) is 25.0 Å². The average molecular weight is 267 g/mol. The maximum Gasteiger partial charge on any atom is 0.184 e. The predicted octanol–water partition coefficient (Wildman–Crippen LogP) is 1.65. The van der Waals surface area contributed by atoms with Crippen molar-refractivity contribution in [3.05, 3.63) is 23.8 Å². The Labute approximate surface area is 112 Å². The zero-order valence-corrected chi connectivity index (χ0v) is 11.3. The van der Waals surface area contributed by atoms with Crippen molar-refractivity contribution in [3.8, 4) is 11.5 Å². The molecule has 0 fully saturated rings. The molecule has 1 aromatic rings. The Morgan fingerprint density at radius 1 is 1.50 bits per heavy atom. The molecule has 0 aromatic heterocycles. The molecule has 0 aliphatic heterocycles. The first-order chi connectivity index (χ1) is 8.67. The molecule has 18 heavy (non-hydrogen) atoms. The van der Waals surface area contributed by atoms with E-state index in [9.17, 15) is 0 Å². The van der Waals surface area contributed by atoms with Crippen LogP contribution in [0.25, 0.3) is 0 Å². The molecule has 6 heteroatoms. The highest BCUT2D eigenvalue weighted by molar-refractivity contribution is 7.80. The molecule has 0 heterocycles. The Bertz CT molecular complexity index is 435. The molecule has 5 nitrogen and oxygen atoms in total. The topological polar surface area (TPSA) is 68.9 Å². The minimum Gasteiger partial charge on any atom is -0.493 e. The van der Waals surface area contributed by atoms with Gasteiger partial charge in [0.25, 0.3) is 0 Å². The van der Waals surface area contributed by atoms with Crippen LogP contribution in [0.2, 0.25) is 0 Å². The molecular formula is C12H17N3O2S. The number of hydrogen-bond donors (Lipinski definition) is 2. The number of ether oxygens (including phenoxy) is 2. The molecule has 0 aliphatic rings. The Kier molecular flexibility index (Phi) is 5.93. The lowest BCUT2D eigenvalue weighted by molar-refractivity contribution is 0.294. The molecule has 0 unspecified atom stereocenters. The molecule has 0 aliphatic carbocycles. The molecule has 0 saturated heterocycles. The Morgan fingerprint density at radius 3 is 2.89 bits per heavy atom. The summed E-state index contributed by atoms with van der Waals surface area (Å²) >= 11 is 4.64. The van der Waals surface area contributed by atoms with Crippen molar-refractivity contribution in [2.24, 2.45) is 10.8 Å². The van der Waals surface area contributed by atoms with E-state index in [1.165, 1.54) is 0 Å². The highest BCUT2D eigenvalue weighted by atomic mass is 32.1. The van der Waals surface area contributed by atoms with Crippen LogP contribution in [-0.2, 0) is 0 Å². The molecule has 0 atom stereocenters. The number of benzene rings is 1. The maximum absolute atomic E-state index is 5.55. The van der Waals surface area contributed by atoms with Gasteiger partial charge in [-0.15, -0.1) is 0 Å². The first kappa shape index (κ1) is 14.2. The summed E-state index contributed by atoms with van der Waals surface area (Å²) in [6.07, 6.45) is 2.55. The van der Waals surface area contributed by atoms with Crippen LogP contribution < -0.4 is 20.6 Å². The van der Waals surface area contributed by atoms with Crippen LogP contribution in [0.3, 0.4) is 0 Å². The van der Waals surface area contributed by atoms with Gasteiger partial charge in [0.1, 0.15) is 0 Å². The van der Waals surface area contributed by atoms with Gasteiger partial charge < -0.3 is 15.2 Å². The number of thiocarbonyl (C=S) groups is 1. The van der Waals surface area contributed by atoms with Crippen LogP contribution >= 0.6 is 12.2 Å². The molecule has 0 saturated carbocycles. The van der Waals surface area contributed by atoms with Crippen molar-refractivity contribution in [1.82, 2.24) is 5.43 Å². The molecule has 1 aromatic carbocycles. The van der Waals surface area contributed by atoms with Crippen molar-refractivity contribution in [2.75, 3.05) is 13.7 Å². The molecule has 3 N–H and O–H groups in total. The third-order valence-electron chi connectivity index (χ3n) is 2.04. The van der Waals surface area contributed by atoms with E-state index in [1.807, 2.05) is 18.2 Å². The van der Waals surface area contributed by atoms with Crippen LogP contribution in [0.4, 0.5) is 0 Å². The molecule has 98 valence electrons. The molecule has 1 rings (SSSR count). The Morgan fingerprint density at radius 2 is 2.28 bits per heavy atom. The van der Waals surface area contributed by atoms with Gasteiger partial charge in [-0.25, -0.2) is 0 Å². The van der Waals surface area contributed by atoms with Gasteiger partial charge in [-0.3, -0.25) is 5.43 Å². The van der Waals surface area contributed by atoms with Gasteiger partial charge in [0.05, 0.1) is 19.9 Å². The maximum atomic E-state index is 5.55. The summed E-state index contributed by atoms with van der Waals surface area (Å²) in [6, 6.07) is 5.55. The lowest BCUT2D eigenvalue weighted by atomic mass is 10.2. The zero-order chi connectivity index (χ0) is 13.4. The lowest BCUT2D eigenvalue weighted by Gasteiger charge is -2.10. The molecule has 0 amide bonds. The second-order valence-corrected chi connectivity index (χ2v) is 3.93. The molecule has 0 bridgehead atoms. The second-order valence-electron chi connectivity index (χ2n) is 3.49. The fourth-order valence-electron chi connectivity index (χ4n) is 1.27. The molecule has 0 radical (unpaired) electrons. The van der Waals surface area contributed by atoms with E-state index in [4.69, 9.17) is 15.2 Å². The minimum atomic E-state index is 0.126. The van der Waals surface area contributed by atoms with E-state index in [2.05, 4.69) is 29.7 Å². The SMILES string of the molecule is CCCOc1ccc(C=NNC(N)=S)cc1OC. The number of methoxy groups -OCH3 is 1. The number of hydrazone groups is 1. The Hall–Kier alpha value is -1.82. The summed E-state index contributed by atoms with van der Waals surface area (Å²) in [5.41, 5.74) is 8.60. The monoisotopic (exact) mass is 267 g/mol. The first-order valence-electron chi connectivity index (χ1n) is 5.56. The normalized spacial score (nSPS) is 10.3. The molecular weight excluding hydrogens is 250 g/mol. The fraction of sp³-hybridized carbons (Fsp3) is 0.333. The summed E-state index contributed by atoms with van der Waals surface area (Å²) in [5.74, 6) is 1.39. The number of hydrogen-bond acceptors (Lipinski definition) is 4. The summed E-state index contributed by atoms with van der Waals surface area (Å²) in [6.45, 7) is 2.71. The summed E-state index contributed by atoms with van der Waals surface area (Å²) in [5, 5.41) is 4.00. The van der Waals surface area contributed by atoms with Crippen LogP contribution in [0.15, 0.2) is 23.3 Å². The Balaban J connectivity index is 2.77. The number of nitrogens with two attached hydrogens (primary N) is 1. The van der Waals surface area contributed by atoms with Gasteiger partial charge in [0, 0.05) is 0 Å². The van der Waals surface area contributed by atoms with Crippen molar-refractivity contribution < 1.29 is 9.47 Å². The van der Waals surface area contributed by atoms with Gasteiger partial charge in [0.2, 0.25) is 0 Å². The lowest BCUT2D eigenvalue weighted by Crippen LogP contribution is -2.23. The summed E-state index contributed by atoms with van der Waals surface area (Å²) in [7, 11) is 1.60. The fourth-order valence-corrected chi connectivity index (χ4v) is 1.32. The smallest absolute Gasteiger partial charge is 0.184 e. The molecule has 0 spiro atoms. The van der Waals surface area contributed by atoms with Gasteiger partial charge in [0.15, 0.2) is 16.6 Å². The van der Waals surface area contributed by atoms with E-state index in [-0.39, 0.29) is 5.11 Å². The highest BCUT2D eigenvalue weighted by Crippen LogP contribution is 2.27. The summed E-state index contributed by atoms with van der Waals surface area (Å²) in [4.78, 5) is 0. The van der Waals surface area contributed by atoms with Crippen molar-refractivity contribution in [1.29, 1.82) is 0 Å². The van der Waals surface area contributed by atoms with Crippen molar-refractivity contribution in [3.63, 3.8) is 0 Å². The van der Waals surface area contributed by atoms with E-state index in [0.717, 1.165) is 17.7 Å². The van der Waals surface area contributed by atoms with Crippen molar-refractivity contribution >= 4 is 23.5 Å². The number of nitrogens with zero attached hydrogens (tertiary/aromatic N) is 1. The van der Waals surface area contributed by atoms with Crippen LogP contribution in [0.1, 0.15) is 18.9 Å². The number of rotatable bonds is 6. The van der Waals surface area contributed by atoms with Gasteiger partial charge in [-0.05, 0) is 42.4 Å². The van der Waals surface area contributed by atoms with Gasteiger partial charge >= 0.3 is 0 Å². The first-order valence-corrected chi connectivity index (χ1v) is 5.97. The predicted molar refractivity (Wildman–Crippen MR) is 76.3 cm³/mol. The quantitative estimate of drug-likeness (QED) is 0.466. The van der Waals surface area contributed by atoms with Gasteiger partial charge in [-0.2, -0.15) is 5.10 Å². The third-order valence-corrected chi connectivity index (χ3v) is 2.13. The minimum absolute atomic E-state index is 0.126. The van der Waals surface area contributed by atoms with Crippen LogP contribution in [0, 0.1) is 0 Å².